The third-order valence-electron chi connectivity index (χ3n) is 1.43. The van der Waals surface area contributed by atoms with Crippen LogP contribution in [0.4, 0.5) is 0 Å². The molecule has 0 saturated heterocycles. The summed E-state index contributed by atoms with van der Waals surface area (Å²) in [6, 6.07) is 3.93. The lowest BCUT2D eigenvalue weighted by Crippen LogP contribution is -1.85. The van der Waals surface area contributed by atoms with E-state index in [0.717, 1.165) is 4.88 Å². The lowest BCUT2D eigenvalue weighted by Gasteiger charge is -1.74. The Hall–Kier alpha value is -1.31. The summed E-state index contributed by atoms with van der Waals surface area (Å²) in [5.41, 5.74) is 0. The standard InChI is InChI=1S/C9H4O2S2/c10-9(11)2-1-6-5-8-7(13-6)3-4-12-8/h3-5H,(H,10,11). The van der Waals surface area contributed by atoms with Crippen LogP contribution in [0.1, 0.15) is 4.88 Å². The molecule has 13 heavy (non-hydrogen) atoms. The Labute approximate surface area is 82.4 Å². The highest BCUT2D eigenvalue weighted by molar-refractivity contribution is 7.27. The van der Waals surface area contributed by atoms with Crippen LogP contribution in [0.5, 0.6) is 0 Å². The lowest BCUT2D eigenvalue weighted by atomic mass is 10.4. The van der Waals surface area contributed by atoms with Gasteiger partial charge in [-0.1, -0.05) is 0 Å². The van der Waals surface area contributed by atoms with E-state index in [1.807, 2.05) is 17.5 Å². The third-order valence-corrected chi connectivity index (χ3v) is 3.44. The molecule has 2 aromatic heterocycles. The molecule has 0 aliphatic heterocycles. The Balaban J connectivity index is 2.42. The minimum atomic E-state index is -1.09. The van der Waals surface area contributed by atoms with Crippen LogP contribution in [0.2, 0.25) is 0 Å². The van der Waals surface area contributed by atoms with E-state index in [-0.39, 0.29) is 0 Å². The Morgan fingerprint density at radius 3 is 3.00 bits per heavy atom. The molecule has 0 radical (unpaired) electrons. The molecule has 0 aliphatic rings. The normalized spacial score (nSPS) is 9.54. The molecular weight excluding hydrogens is 204 g/mol. The topological polar surface area (TPSA) is 37.3 Å². The van der Waals surface area contributed by atoms with Crippen molar-refractivity contribution >= 4 is 38.0 Å². The Bertz CT molecular complexity index is 482. The van der Waals surface area contributed by atoms with Gasteiger partial charge in [0, 0.05) is 15.3 Å². The van der Waals surface area contributed by atoms with E-state index in [4.69, 9.17) is 5.11 Å². The zero-order valence-corrected chi connectivity index (χ0v) is 8.04. The Morgan fingerprint density at radius 1 is 1.46 bits per heavy atom. The first-order chi connectivity index (χ1) is 6.25. The molecule has 64 valence electrons. The summed E-state index contributed by atoms with van der Waals surface area (Å²) < 4.78 is 2.33. The van der Waals surface area contributed by atoms with Crippen LogP contribution in [-0.2, 0) is 4.79 Å². The number of carbonyl (C=O) groups is 1. The van der Waals surface area contributed by atoms with Crippen LogP contribution >= 0.6 is 22.7 Å². The number of hydrogen-bond acceptors (Lipinski definition) is 3. The fourth-order valence-corrected chi connectivity index (χ4v) is 2.90. The summed E-state index contributed by atoms with van der Waals surface area (Å²) in [4.78, 5) is 11.0. The average molecular weight is 208 g/mol. The minimum absolute atomic E-state index is 0.809. The Morgan fingerprint density at radius 2 is 2.31 bits per heavy atom. The first-order valence-electron chi connectivity index (χ1n) is 3.48. The van der Waals surface area contributed by atoms with Gasteiger partial charge in [-0.2, -0.15) is 0 Å². The largest absolute Gasteiger partial charge is 0.472 e. The van der Waals surface area contributed by atoms with Crippen LogP contribution in [0.3, 0.4) is 0 Å². The summed E-state index contributed by atoms with van der Waals surface area (Å²) in [5, 5.41) is 10.3. The van der Waals surface area contributed by atoms with Crippen molar-refractivity contribution in [2.45, 2.75) is 0 Å². The number of hydrogen-bond donors (Lipinski definition) is 1. The monoisotopic (exact) mass is 208 g/mol. The summed E-state index contributed by atoms with van der Waals surface area (Å²) in [7, 11) is 0. The maximum atomic E-state index is 10.2. The van der Waals surface area contributed by atoms with Gasteiger partial charge in [-0.25, -0.2) is 4.79 Å². The maximum absolute atomic E-state index is 10.2. The smallest absolute Gasteiger partial charge is 0.382 e. The Kier molecular flexibility index (Phi) is 2.05. The van der Waals surface area contributed by atoms with Crippen molar-refractivity contribution in [3.63, 3.8) is 0 Å². The SMILES string of the molecule is O=C(O)C#Cc1cc2sccc2s1. The highest BCUT2D eigenvalue weighted by atomic mass is 32.1. The van der Waals surface area contributed by atoms with Crippen molar-refractivity contribution < 1.29 is 9.90 Å². The van der Waals surface area contributed by atoms with E-state index in [1.165, 1.54) is 20.7 Å². The van der Waals surface area contributed by atoms with Gasteiger partial charge in [0.25, 0.3) is 0 Å². The highest BCUT2D eigenvalue weighted by Crippen LogP contribution is 2.29. The first-order valence-corrected chi connectivity index (χ1v) is 5.17. The second kappa shape index (κ2) is 3.21. The van der Waals surface area contributed by atoms with Gasteiger partial charge >= 0.3 is 5.97 Å². The molecule has 2 heterocycles. The van der Waals surface area contributed by atoms with Crippen LogP contribution in [0, 0.1) is 11.8 Å². The average Bonchev–Trinajstić information content (AvgIpc) is 2.58. The van der Waals surface area contributed by atoms with Crippen molar-refractivity contribution in [1.82, 2.24) is 0 Å². The molecule has 0 fully saturated rings. The molecule has 0 aliphatic carbocycles. The summed E-state index contributed by atoms with van der Waals surface area (Å²) in [6.07, 6.45) is 0. The van der Waals surface area contributed by atoms with Gasteiger partial charge < -0.3 is 5.11 Å². The van der Waals surface area contributed by atoms with E-state index in [0.29, 0.717) is 0 Å². The van der Waals surface area contributed by atoms with E-state index in [9.17, 15) is 4.79 Å². The maximum Gasteiger partial charge on any atom is 0.382 e. The number of thiophene rings is 2. The number of rotatable bonds is 0. The predicted molar refractivity (Wildman–Crippen MR) is 54.2 cm³/mol. The van der Waals surface area contributed by atoms with E-state index >= 15 is 0 Å². The number of aliphatic carboxylic acids is 1. The highest BCUT2D eigenvalue weighted by Gasteiger charge is 1.99. The molecule has 2 rings (SSSR count). The fourth-order valence-electron chi connectivity index (χ4n) is 0.942. The van der Waals surface area contributed by atoms with E-state index in [1.54, 1.807) is 11.3 Å². The van der Waals surface area contributed by atoms with Crippen LogP contribution in [0.15, 0.2) is 17.5 Å². The molecule has 0 spiro atoms. The van der Waals surface area contributed by atoms with Gasteiger partial charge in [0.15, 0.2) is 0 Å². The molecular formula is C9H4O2S2. The van der Waals surface area contributed by atoms with Crippen molar-refractivity contribution in [2.75, 3.05) is 0 Å². The second-order valence-electron chi connectivity index (χ2n) is 2.31. The fraction of sp³-hybridized carbons (Fsp3) is 0. The van der Waals surface area contributed by atoms with E-state index < -0.39 is 5.97 Å². The molecule has 0 atom stereocenters. The van der Waals surface area contributed by atoms with E-state index in [2.05, 4.69) is 11.8 Å². The molecule has 0 aromatic carbocycles. The summed E-state index contributed by atoms with van der Waals surface area (Å²) in [6.45, 7) is 0. The number of carboxylic acid groups (broad SMARTS) is 1. The van der Waals surface area contributed by atoms with Crippen molar-refractivity contribution in [2.24, 2.45) is 0 Å². The number of carboxylic acids is 1. The zero-order chi connectivity index (χ0) is 9.26. The van der Waals surface area contributed by atoms with Gasteiger partial charge in [-0.15, -0.1) is 22.7 Å². The van der Waals surface area contributed by atoms with Gasteiger partial charge in [-0.05, 0) is 23.4 Å². The van der Waals surface area contributed by atoms with Gasteiger partial charge in [0.05, 0.1) is 4.88 Å². The molecule has 0 amide bonds. The molecule has 0 unspecified atom stereocenters. The summed E-state index contributed by atoms with van der Waals surface area (Å²) >= 11 is 3.16. The molecule has 0 saturated carbocycles. The predicted octanol–water partition coefficient (Wildman–Crippen LogP) is 2.40. The first kappa shape index (κ1) is 8.30. The minimum Gasteiger partial charge on any atom is -0.472 e. The molecule has 0 bridgehead atoms. The lowest BCUT2D eigenvalue weighted by molar-refractivity contribution is -0.130. The quantitative estimate of drug-likeness (QED) is 0.675. The molecule has 2 nitrogen and oxygen atoms in total. The summed E-state index contributed by atoms with van der Waals surface area (Å²) in [5.74, 6) is 3.60. The van der Waals surface area contributed by atoms with Crippen molar-refractivity contribution in [3.8, 4) is 11.8 Å². The van der Waals surface area contributed by atoms with Gasteiger partial charge in [-0.3, -0.25) is 0 Å². The van der Waals surface area contributed by atoms with Gasteiger partial charge in [0.2, 0.25) is 0 Å². The second-order valence-corrected chi connectivity index (χ2v) is 4.35. The van der Waals surface area contributed by atoms with Crippen molar-refractivity contribution in [1.29, 1.82) is 0 Å². The molecule has 1 N–H and O–H groups in total. The van der Waals surface area contributed by atoms with Crippen LogP contribution in [-0.4, -0.2) is 11.1 Å². The zero-order valence-electron chi connectivity index (χ0n) is 6.40. The molecule has 2 aromatic rings. The van der Waals surface area contributed by atoms with Crippen LogP contribution in [0.25, 0.3) is 9.40 Å². The molecule has 4 heteroatoms. The van der Waals surface area contributed by atoms with Gasteiger partial charge in [0.1, 0.15) is 0 Å². The number of fused-ring (bicyclic) bond motifs is 1. The van der Waals surface area contributed by atoms with Crippen LogP contribution < -0.4 is 0 Å². The third kappa shape index (κ3) is 1.72. The van der Waals surface area contributed by atoms with Crippen molar-refractivity contribution in [3.05, 3.63) is 22.4 Å².